The molecular formula is C17H23N3O2S. The fourth-order valence-electron chi connectivity index (χ4n) is 3.18. The van der Waals surface area contributed by atoms with Crippen molar-refractivity contribution in [1.29, 1.82) is 0 Å². The molecule has 5 nitrogen and oxygen atoms in total. The van der Waals surface area contributed by atoms with Crippen LogP contribution in [0.2, 0.25) is 0 Å². The lowest BCUT2D eigenvalue weighted by atomic mass is 10.0. The first-order chi connectivity index (χ1) is 11.1. The van der Waals surface area contributed by atoms with E-state index in [4.69, 9.17) is 0 Å². The van der Waals surface area contributed by atoms with Crippen LogP contribution in [0.15, 0.2) is 48.8 Å². The van der Waals surface area contributed by atoms with Crippen molar-refractivity contribution in [3.63, 3.8) is 0 Å². The SMILES string of the molecule is CC(CS(=O)(=O)N1CCC(n2cccn2)CC1)c1ccccc1. The van der Waals surface area contributed by atoms with Crippen molar-refractivity contribution in [2.75, 3.05) is 18.8 Å². The molecule has 3 rings (SSSR count). The van der Waals surface area contributed by atoms with Gasteiger partial charge in [0.05, 0.1) is 11.8 Å². The Morgan fingerprint density at radius 2 is 1.87 bits per heavy atom. The van der Waals surface area contributed by atoms with Gasteiger partial charge in [-0.1, -0.05) is 37.3 Å². The lowest BCUT2D eigenvalue weighted by molar-refractivity contribution is 0.261. The highest BCUT2D eigenvalue weighted by molar-refractivity contribution is 7.89. The number of rotatable bonds is 5. The summed E-state index contributed by atoms with van der Waals surface area (Å²) in [5.41, 5.74) is 1.07. The van der Waals surface area contributed by atoms with Crippen LogP contribution in [-0.4, -0.2) is 41.3 Å². The molecule has 0 radical (unpaired) electrons. The van der Waals surface area contributed by atoms with E-state index in [1.807, 2.05) is 54.2 Å². The second-order valence-corrected chi connectivity index (χ2v) is 8.22. The Morgan fingerprint density at radius 3 is 2.48 bits per heavy atom. The van der Waals surface area contributed by atoms with Gasteiger partial charge in [0.2, 0.25) is 10.0 Å². The third-order valence-corrected chi connectivity index (χ3v) is 6.62. The average molecular weight is 333 g/mol. The van der Waals surface area contributed by atoms with Crippen molar-refractivity contribution in [2.24, 2.45) is 0 Å². The van der Waals surface area contributed by atoms with Gasteiger partial charge in [0.1, 0.15) is 0 Å². The van der Waals surface area contributed by atoms with E-state index in [-0.39, 0.29) is 11.7 Å². The zero-order chi connectivity index (χ0) is 16.3. The molecule has 1 atom stereocenters. The number of benzene rings is 1. The van der Waals surface area contributed by atoms with Gasteiger partial charge in [-0.25, -0.2) is 12.7 Å². The van der Waals surface area contributed by atoms with Gasteiger partial charge in [0, 0.05) is 25.5 Å². The van der Waals surface area contributed by atoms with Crippen LogP contribution in [0.4, 0.5) is 0 Å². The number of piperidine rings is 1. The minimum atomic E-state index is -3.22. The molecule has 1 unspecified atom stereocenters. The molecule has 1 aromatic heterocycles. The van der Waals surface area contributed by atoms with E-state index in [9.17, 15) is 8.42 Å². The van der Waals surface area contributed by atoms with Gasteiger partial charge in [-0.15, -0.1) is 0 Å². The molecule has 2 heterocycles. The first-order valence-electron chi connectivity index (χ1n) is 8.08. The second-order valence-electron chi connectivity index (χ2n) is 6.21. The highest BCUT2D eigenvalue weighted by Gasteiger charge is 2.30. The summed E-state index contributed by atoms with van der Waals surface area (Å²) in [5.74, 6) is 0.175. The Balaban J connectivity index is 1.60. The second kappa shape index (κ2) is 6.84. The van der Waals surface area contributed by atoms with E-state index >= 15 is 0 Å². The lowest BCUT2D eigenvalue weighted by Gasteiger charge is -2.32. The summed E-state index contributed by atoms with van der Waals surface area (Å²) in [6, 6.07) is 12.1. The average Bonchev–Trinajstić information content (AvgIpc) is 3.10. The van der Waals surface area contributed by atoms with Crippen molar-refractivity contribution >= 4 is 10.0 Å². The molecule has 1 fully saturated rings. The topological polar surface area (TPSA) is 55.2 Å². The maximum Gasteiger partial charge on any atom is 0.214 e. The van der Waals surface area contributed by atoms with Crippen LogP contribution in [0.3, 0.4) is 0 Å². The Bertz CT molecular complexity index is 706. The Kier molecular flexibility index (Phi) is 4.82. The van der Waals surface area contributed by atoms with Gasteiger partial charge in [-0.05, 0) is 30.4 Å². The molecule has 2 aromatic rings. The Hall–Kier alpha value is -1.66. The maximum absolute atomic E-state index is 12.7. The standard InChI is InChI=1S/C17H23N3O2S/c1-15(16-6-3-2-4-7-16)14-23(21,22)19-12-8-17(9-13-19)20-11-5-10-18-20/h2-7,10-11,15,17H,8-9,12-14H2,1H3. The minimum Gasteiger partial charge on any atom is -0.270 e. The van der Waals surface area contributed by atoms with Gasteiger partial charge in [0.15, 0.2) is 0 Å². The zero-order valence-electron chi connectivity index (χ0n) is 13.4. The van der Waals surface area contributed by atoms with Gasteiger partial charge in [0.25, 0.3) is 0 Å². The molecule has 124 valence electrons. The van der Waals surface area contributed by atoms with Crippen LogP contribution in [0.1, 0.15) is 37.3 Å². The Morgan fingerprint density at radius 1 is 1.17 bits per heavy atom. The van der Waals surface area contributed by atoms with Crippen LogP contribution < -0.4 is 0 Å². The molecule has 6 heteroatoms. The monoisotopic (exact) mass is 333 g/mol. The summed E-state index contributed by atoms with van der Waals surface area (Å²) in [7, 11) is -3.22. The van der Waals surface area contributed by atoms with E-state index in [0.29, 0.717) is 19.1 Å². The summed E-state index contributed by atoms with van der Waals surface area (Å²) >= 11 is 0. The van der Waals surface area contributed by atoms with E-state index in [2.05, 4.69) is 5.10 Å². The number of hydrogen-bond donors (Lipinski definition) is 0. The van der Waals surface area contributed by atoms with Gasteiger partial charge < -0.3 is 0 Å². The third kappa shape index (κ3) is 3.82. The summed E-state index contributed by atoms with van der Waals surface area (Å²) in [4.78, 5) is 0. The van der Waals surface area contributed by atoms with Crippen molar-refractivity contribution in [1.82, 2.24) is 14.1 Å². The zero-order valence-corrected chi connectivity index (χ0v) is 14.2. The molecule has 1 aliphatic heterocycles. The number of aromatic nitrogens is 2. The molecule has 1 aliphatic rings. The first kappa shape index (κ1) is 16.2. The smallest absolute Gasteiger partial charge is 0.214 e. The third-order valence-electron chi connectivity index (χ3n) is 4.55. The van der Waals surface area contributed by atoms with E-state index < -0.39 is 10.0 Å². The van der Waals surface area contributed by atoms with Crippen LogP contribution >= 0.6 is 0 Å². The first-order valence-corrected chi connectivity index (χ1v) is 9.69. The summed E-state index contributed by atoms with van der Waals surface area (Å²) in [6.07, 6.45) is 5.36. The molecule has 1 aromatic carbocycles. The minimum absolute atomic E-state index is 0.00467. The highest BCUT2D eigenvalue weighted by Crippen LogP contribution is 2.25. The summed E-state index contributed by atoms with van der Waals surface area (Å²) < 4.78 is 28.9. The molecule has 0 saturated carbocycles. The lowest BCUT2D eigenvalue weighted by Crippen LogP contribution is -2.41. The van der Waals surface area contributed by atoms with Gasteiger partial charge in [-0.2, -0.15) is 5.10 Å². The Labute approximate surface area is 138 Å². The number of nitrogens with zero attached hydrogens (tertiary/aromatic N) is 3. The van der Waals surface area contributed by atoms with Crippen LogP contribution in [0.5, 0.6) is 0 Å². The fourth-order valence-corrected chi connectivity index (χ4v) is 4.98. The van der Waals surface area contributed by atoms with Crippen LogP contribution in [0.25, 0.3) is 0 Å². The molecule has 0 N–H and O–H groups in total. The molecule has 23 heavy (non-hydrogen) atoms. The largest absolute Gasteiger partial charge is 0.270 e. The van der Waals surface area contributed by atoms with E-state index in [1.54, 1.807) is 10.5 Å². The molecule has 0 spiro atoms. The van der Waals surface area contributed by atoms with E-state index in [1.165, 1.54) is 0 Å². The molecule has 0 aliphatic carbocycles. The van der Waals surface area contributed by atoms with Crippen molar-refractivity contribution in [2.45, 2.75) is 31.7 Å². The van der Waals surface area contributed by atoms with Crippen molar-refractivity contribution in [3.05, 3.63) is 54.4 Å². The summed E-state index contributed by atoms with van der Waals surface area (Å²) in [6.45, 7) is 3.13. The number of sulfonamides is 1. The normalized spacial score (nSPS) is 18.8. The fraction of sp³-hybridized carbons (Fsp3) is 0.471. The molecule has 0 amide bonds. The van der Waals surface area contributed by atoms with Crippen LogP contribution in [0, 0.1) is 0 Å². The predicted octanol–water partition coefficient (Wildman–Crippen LogP) is 2.65. The van der Waals surface area contributed by atoms with Crippen molar-refractivity contribution < 1.29 is 8.42 Å². The quantitative estimate of drug-likeness (QED) is 0.845. The van der Waals surface area contributed by atoms with Gasteiger partial charge in [-0.3, -0.25) is 4.68 Å². The van der Waals surface area contributed by atoms with Gasteiger partial charge >= 0.3 is 0 Å². The predicted molar refractivity (Wildman–Crippen MR) is 90.7 cm³/mol. The summed E-state index contributed by atoms with van der Waals surface area (Å²) in [5, 5.41) is 4.26. The van der Waals surface area contributed by atoms with E-state index in [0.717, 1.165) is 18.4 Å². The van der Waals surface area contributed by atoms with Crippen molar-refractivity contribution in [3.8, 4) is 0 Å². The molecule has 0 bridgehead atoms. The molecule has 1 saturated heterocycles. The molecular weight excluding hydrogens is 310 g/mol. The van der Waals surface area contributed by atoms with Crippen LogP contribution in [-0.2, 0) is 10.0 Å². The highest BCUT2D eigenvalue weighted by atomic mass is 32.2. The number of hydrogen-bond acceptors (Lipinski definition) is 3. The maximum atomic E-state index is 12.7.